The Morgan fingerprint density at radius 1 is 0.971 bits per heavy atom. The van der Waals surface area contributed by atoms with Crippen molar-refractivity contribution in [1.29, 1.82) is 0 Å². The number of carboxylic acids is 1. The van der Waals surface area contributed by atoms with Crippen molar-refractivity contribution in [3.63, 3.8) is 0 Å². The van der Waals surface area contributed by atoms with Crippen LogP contribution in [0.15, 0.2) is 18.2 Å². The smallest absolute Gasteiger partial charge is 0.425 e. The number of nitrogens with zero attached hydrogens (tertiary/aromatic N) is 4. The van der Waals surface area contributed by atoms with Crippen LogP contribution in [-0.2, 0) is 16.1 Å². The molecule has 0 bridgehead atoms. The molecule has 0 aliphatic carbocycles. The Balaban J connectivity index is 1.58. The SMILES string of the molecule is Cc1ccc(CN2CCN(C(=O)OC(C)C(F)(F)F)CC2)c(C(=O)N2CCN(CC(=O)O)CC2)c1. The van der Waals surface area contributed by atoms with Gasteiger partial charge >= 0.3 is 18.2 Å². The maximum atomic E-state index is 13.3. The summed E-state index contributed by atoms with van der Waals surface area (Å²) in [5.74, 6) is -1.00. The number of piperazine rings is 2. The van der Waals surface area contributed by atoms with E-state index in [1.165, 1.54) is 4.90 Å². The van der Waals surface area contributed by atoms with Gasteiger partial charge in [-0.1, -0.05) is 17.7 Å². The molecule has 1 aromatic rings. The van der Waals surface area contributed by atoms with Crippen LogP contribution in [0.25, 0.3) is 0 Å². The van der Waals surface area contributed by atoms with Gasteiger partial charge in [0.1, 0.15) is 0 Å². The van der Waals surface area contributed by atoms with Gasteiger partial charge in [0.05, 0.1) is 6.54 Å². The zero-order valence-electron chi connectivity index (χ0n) is 19.9. The van der Waals surface area contributed by atoms with Gasteiger partial charge in [-0.2, -0.15) is 13.2 Å². The summed E-state index contributed by atoms with van der Waals surface area (Å²) in [6.07, 6.45) is -7.75. The topological polar surface area (TPSA) is 93.6 Å². The molecule has 9 nitrogen and oxygen atoms in total. The number of alkyl halides is 3. The number of rotatable bonds is 6. The number of carbonyl (C=O) groups is 3. The average molecular weight is 501 g/mol. The fourth-order valence-corrected chi connectivity index (χ4v) is 4.12. The monoisotopic (exact) mass is 500 g/mol. The van der Waals surface area contributed by atoms with Gasteiger partial charge in [0, 0.05) is 64.5 Å². The van der Waals surface area contributed by atoms with Crippen LogP contribution in [0.1, 0.15) is 28.4 Å². The molecule has 2 saturated heterocycles. The second-order valence-electron chi connectivity index (χ2n) is 8.95. The number of amides is 2. The van der Waals surface area contributed by atoms with Crippen molar-refractivity contribution in [2.24, 2.45) is 0 Å². The lowest BCUT2D eigenvalue weighted by Gasteiger charge is -2.36. The first kappa shape index (κ1) is 26.7. The molecule has 2 aliphatic rings. The molecule has 0 radical (unpaired) electrons. The number of carbonyl (C=O) groups excluding carboxylic acids is 2. The Bertz CT molecular complexity index is 926. The molecule has 2 heterocycles. The lowest BCUT2D eigenvalue weighted by Crippen LogP contribution is -2.50. The van der Waals surface area contributed by atoms with Gasteiger partial charge < -0.3 is 19.6 Å². The van der Waals surface area contributed by atoms with Crippen LogP contribution in [0.4, 0.5) is 18.0 Å². The highest BCUT2D eigenvalue weighted by Gasteiger charge is 2.40. The first-order chi connectivity index (χ1) is 16.4. The highest BCUT2D eigenvalue weighted by Crippen LogP contribution is 2.23. The number of hydrogen-bond acceptors (Lipinski definition) is 6. The van der Waals surface area contributed by atoms with Crippen LogP contribution in [0.3, 0.4) is 0 Å². The van der Waals surface area contributed by atoms with Gasteiger partial charge in [-0.25, -0.2) is 4.79 Å². The number of carboxylic acid groups (broad SMARTS) is 1. The van der Waals surface area contributed by atoms with Crippen LogP contribution in [0.2, 0.25) is 0 Å². The van der Waals surface area contributed by atoms with E-state index in [0.29, 0.717) is 51.4 Å². The molecular formula is C23H31F3N4O5. The van der Waals surface area contributed by atoms with Crippen LogP contribution in [-0.4, -0.2) is 114 Å². The second-order valence-corrected chi connectivity index (χ2v) is 8.95. The third kappa shape index (κ3) is 7.31. The molecule has 0 spiro atoms. The minimum atomic E-state index is -4.60. The number of aliphatic carboxylic acids is 1. The summed E-state index contributed by atoms with van der Waals surface area (Å²) < 4.78 is 42.5. The van der Waals surface area contributed by atoms with Gasteiger partial charge in [-0.15, -0.1) is 0 Å². The Morgan fingerprint density at radius 3 is 2.11 bits per heavy atom. The standard InChI is InChI=1S/C23H31F3N4O5/c1-16-3-4-18(19(13-16)21(33)29-9-5-28(6-10-29)15-20(31)32)14-27-7-11-30(12-8-27)22(34)35-17(2)23(24,25)26/h3-4,13,17H,5-12,14-15H2,1-2H3,(H,31,32). The number of hydrogen-bond donors (Lipinski definition) is 1. The maximum absolute atomic E-state index is 13.3. The number of benzene rings is 1. The summed E-state index contributed by atoms with van der Waals surface area (Å²) in [5, 5.41) is 8.96. The summed E-state index contributed by atoms with van der Waals surface area (Å²) in [7, 11) is 0. The van der Waals surface area contributed by atoms with E-state index in [2.05, 4.69) is 4.74 Å². The Hall–Kier alpha value is -2.86. The largest absolute Gasteiger partial charge is 0.480 e. The fourth-order valence-electron chi connectivity index (χ4n) is 4.12. The van der Waals surface area contributed by atoms with E-state index in [4.69, 9.17) is 5.11 Å². The molecule has 1 atom stereocenters. The minimum absolute atomic E-state index is 0.0492. The van der Waals surface area contributed by atoms with E-state index in [1.54, 1.807) is 9.80 Å². The van der Waals surface area contributed by atoms with E-state index >= 15 is 0 Å². The van der Waals surface area contributed by atoms with Crippen LogP contribution >= 0.6 is 0 Å². The van der Waals surface area contributed by atoms with Gasteiger partial charge in [0.25, 0.3) is 5.91 Å². The Labute approximate surface area is 202 Å². The van der Waals surface area contributed by atoms with Crippen LogP contribution < -0.4 is 0 Å². The summed E-state index contributed by atoms with van der Waals surface area (Å²) in [5.41, 5.74) is 2.35. The Kier molecular flexibility index (Phi) is 8.60. The number of halogens is 3. The molecule has 1 aromatic carbocycles. The molecule has 194 valence electrons. The Morgan fingerprint density at radius 2 is 1.54 bits per heavy atom. The van der Waals surface area contributed by atoms with Gasteiger partial charge in [-0.3, -0.25) is 19.4 Å². The van der Waals surface area contributed by atoms with Crippen molar-refractivity contribution < 1.29 is 37.4 Å². The lowest BCUT2D eigenvalue weighted by molar-refractivity contribution is -0.200. The van der Waals surface area contributed by atoms with Crippen molar-refractivity contribution in [3.8, 4) is 0 Å². The molecule has 1 unspecified atom stereocenters. The molecule has 0 aromatic heterocycles. The van der Waals surface area contributed by atoms with E-state index in [-0.39, 0.29) is 25.5 Å². The predicted octanol–water partition coefficient (Wildman–Crippen LogP) is 2.04. The molecule has 35 heavy (non-hydrogen) atoms. The maximum Gasteiger partial charge on any atom is 0.425 e. The van der Waals surface area contributed by atoms with Gasteiger partial charge in [0.15, 0.2) is 6.10 Å². The summed E-state index contributed by atoms with van der Waals surface area (Å²) in [4.78, 5) is 43.1. The third-order valence-corrected chi connectivity index (χ3v) is 6.28. The molecule has 0 saturated carbocycles. The quantitative estimate of drug-likeness (QED) is 0.639. The molecule has 2 fully saturated rings. The van der Waals surface area contributed by atoms with Crippen molar-refractivity contribution in [2.45, 2.75) is 32.7 Å². The van der Waals surface area contributed by atoms with Crippen molar-refractivity contribution in [1.82, 2.24) is 19.6 Å². The van der Waals surface area contributed by atoms with Gasteiger partial charge in [0.2, 0.25) is 0 Å². The fraction of sp³-hybridized carbons (Fsp3) is 0.609. The lowest BCUT2D eigenvalue weighted by atomic mass is 10.0. The molecule has 12 heteroatoms. The van der Waals surface area contributed by atoms with E-state index in [1.807, 2.05) is 30.0 Å². The van der Waals surface area contributed by atoms with Crippen molar-refractivity contribution >= 4 is 18.0 Å². The average Bonchev–Trinajstić information content (AvgIpc) is 2.79. The van der Waals surface area contributed by atoms with E-state index < -0.39 is 24.3 Å². The van der Waals surface area contributed by atoms with E-state index in [0.717, 1.165) is 18.1 Å². The normalized spacial score (nSPS) is 18.9. The minimum Gasteiger partial charge on any atom is -0.480 e. The van der Waals surface area contributed by atoms with Crippen molar-refractivity contribution in [2.75, 3.05) is 58.9 Å². The molecular weight excluding hydrogens is 469 g/mol. The van der Waals surface area contributed by atoms with Gasteiger partial charge in [-0.05, 0) is 25.5 Å². The molecule has 3 rings (SSSR count). The first-order valence-electron chi connectivity index (χ1n) is 11.5. The first-order valence-corrected chi connectivity index (χ1v) is 11.5. The number of ether oxygens (including phenoxy) is 1. The van der Waals surface area contributed by atoms with E-state index in [9.17, 15) is 27.6 Å². The zero-order chi connectivity index (χ0) is 25.8. The summed E-state index contributed by atoms with van der Waals surface area (Å²) in [6.45, 7) is 6.30. The summed E-state index contributed by atoms with van der Waals surface area (Å²) in [6, 6.07) is 5.66. The van der Waals surface area contributed by atoms with Crippen molar-refractivity contribution in [3.05, 3.63) is 34.9 Å². The molecule has 1 N–H and O–H groups in total. The second kappa shape index (κ2) is 11.3. The van der Waals surface area contributed by atoms with Crippen LogP contribution in [0.5, 0.6) is 0 Å². The van der Waals surface area contributed by atoms with Crippen LogP contribution in [0, 0.1) is 6.92 Å². The third-order valence-electron chi connectivity index (χ3n) is 6.28. The molecule has 2 aliphatic heterocycles. The zero-order valence-corrected chi connectivity index (χ0v) is 19.9. The predicted molar refractivity (Wildman–Crippen MR) is 120 cm³/mol. The highest BCUT2D eigenvalue weighted by atomic mass is 19.4. The highest BCUT2D eigenvalue weighted by molar-refractivity contribution is 5.96. The molecule has 2 amide bonds. The summed E-state index contributed by atoms with van der Waals surface area (Å²) >= 11 is 0. The number of aryl methyl sites for hydroxylation is 1.